The Morgan fingerprint density at radius 1 is 1.14 bits per heavy atom. The first-order chi connectivity index (χ1) is 13.7. The highest BCUT2D eigenvalue weighted by Gasteiger charge is 2.21. The Morgan fingerprint density at radius 2 is 1.79 bits per heavy atom. The number of urea groups is 1. The molecule has 0 fully saturated rings. The zero-order valence-corrected chi connectivity index (χ0v) is 17.5. The second kappa shape index (κ2) is 9.86. The number of nitrogens with one attached hydrogen (secondary N) is 2. The molecule has 0 saturated carbocycles. The van der Waals surface area contributed by atoms with Crippen molar-refractivity contribution in [2.75, 3.05) is 6.61 Å². The van der Waals surface area contributed by atoms with Crippen molar-refractivity contribution in [2.24, 2.45) is 0 Å². The van der Waals surface area contributed by atoms with Crippen LogP contribution in [0.2, 0.25) is 0 Å². The van der Waals surface area contributed by atoms with E-state index in [2.05, 4.69) is 15.7 Å². The molecule has 8 heteroatoms. The predicted molar refractivity (Wildman–Crippen MR) is 109 cm³/mol. The van der Waals surface area contributed by atoms with Crippen molar-refractivity contribution in [1.29, 1.82) is 0 Å². The first-order valence-electron chi connectivity index (χ1n) is 9.58. The Morgan fingerprint density at radius 3 is 2.41 bits per heavy atom. The van der Waals surface area contributed by atoms with Crippen LogP contribution in [-0.2, 0) is 16.1 Å². The van der Waals surface area contributed by atoms with E-state index >= 15 is 0 Å². The molecule has 2 N–H and O–H groups in total. The van der Waals surface area contributed by atoms with E-state index in [4.69, 9.17) is 4.74 Å². The van der Waals surface area contributed by atoms with E-state index in [1.54, 1.807) is 18.5 Å². The number of esters is 1. The molecule has 1 aromatic carbocycles. The van der Waals surface area contributed by atoms with Crippen LogP contribution in [0.3, 0.4) is 0 Å². The molecular formula is C21H28N4O4. The molecule has 0 saturated heterocycles. The smallest absolute Gasteiger partial charge is 0.342 e. The van der Waals surface area contributed by atoms with Gasteiger partial charge in [-0.25, -0.2) is 9.59 Å². The highest BCUT2D eigenvalue weighted by Crippen LogP contribution is 2.16. The highest BCUT2D eigenvalue weighted by molar-refractivity contribution is 5.97. The zero-order chi connectivity index (χ0) is 21.6. The molecule has 0 radical (unpaired) electrons. The van der Waals surface area contributed by atoms with Crippen LogP contribution in [0.25, 0.3) is 0 Å². The van der Waals surface area contributed by atoms with Gasteiger partial charge in [-0.3, -0.25) is 14.8 Å². The van der Waals surface area contributed by atoms with E-state index in [1.807, 2.05) is 45.0 Å². The van der Waals surface area contributed by atoms with Gasteiger partial charge in [0.05, 0.1) is 17.9 Å². The van der Waals surface area contributed by atoms with Crippen molar-refractivity contribution >= 4 is 17.9 Å². The molecule has 0 bridgehead atoms. The molecule has 156 valence electrons. The summed E-state index contributed by atoms with van der Waals surface area (Å²) in [6, 6.07) is 7.39. The maximum atomic E-state index is 12.5. The minimum absolute atomic E-state index is 0.0602. The summed E-state index contributed by atoms with van der Waals surface area (Å²) in [7, 11) is 0. The fourth-order valence-corrected chi connectivity index (χ4v) is 2.74. The first-order valence-corrected chi connectivity index (χ1v) is 9.58. The van der Waals surface area contributed by atoms with Crippen LogP contribution in [0.4, 0.5) is 4.79 Å². The van der Waals surface area contributed by atoms with Crippen molar-refractivity contribution in [3.8, 4) is 0 Å². The topological polar surface area (TPSA) is 102 Å². The molecule has 1 aromatic heterocycles. The number of nitrogens with zero attached hydrogens (tertiary/aromatic N) is 2. The van der Waals surface area contributed by atoms with Crippen LogP contribution in [0.15, 0.2) is 24.3 Å². The lowest BCUT2D eigenvalue weighted by molar-refractivity contribution is -0.123. The van der Waals surface area contributed by atoms with Gasteiger partial charge in [-0.2, -0.15) is 5.10 Å². The number of amides is 3. The van der Waals surface area contributed by atoms with Crippen LogP contribution in [0.1, 0.15) is 53.1 Å². The van der Waals surface area contributed by atoms with Crippen LogP contribution >= 0.6 is 0 Å². The molecule has 1 heterocycles. The van der Waals surface area contributed by atoms with Gasteiger partial charge in [0.15, 0.2) is 6.61 Å². The lowest BCUT2D eigenvalue weighted by Gasteiger charge is -2.11. The van der Waals surface area contributed by atoms with Crippen molar-refractivity contribution in [3.63, 3.8) is 0 Å². The molecular weight excluding hydrogens is 372 g/mol. The van der Waals surface area contributed by atoms with Crippen LogP contribution < -0.4 is 10.6 Å². The third-order valence-corrected chi connectivity index (χ3v) is 4.62. The van der Waals surface area contributed by atoms with Crippen molar-refractivity contribution in [2.45, 2.75) is 53.6 Å². The number of carbonyl (C=O) groups excluding carboxylic acids is 3. The first kappa shape index (κ1) is 22.1. The second-order valence-electron chi connectivity index (χ2n) is 7.10. The molecule has 1 atom stereocenters. The Balaban J connectivity index is 1.97. The average molecular weight is 400 g/mol. The number of aryl methyl sites for hydroxylation is 2. The van der Waals surface area contributed by atoms with Crippen molar-refractivity contribution < 1.29 is 19.1 Å². The number of hydrogen-bond acceptors (Lipinski definition) is 5. The Bertz CT molecular complexity index is 887. The van der Waals surface area contributed by atoms with E-state index < -0.39 is 24.5 Å². The molecule has 8 nitrogen and oxygen atoms in total. The van der Waals surface area contributed by atoms with Crippen LogP contribution in [0.5, 0.6) is 0 Å². The fourth-order valence-electron chi connectivity index (χ4n) is 2.74. The number of aromatic nitrogens is 2. The third-order valence-electron chi connectivity index (χ3n) is 4.62. The standard InChI is InChI=1S/C21H28N4O4/c1-6-14(3)22-21(28)23-18(26)12-29-20(27)19-15(4)24-25(16(19)5)11-17-9-7-13(2)8-10-17/h7-10,14H,6,11-12H2,1-5H3,(H2,22,23,26,28)/t14-/m1/s1. The van der Waals surface area contributed by atoms with Gasteiger partial charge in [-0.05, 0) is 39.7 Å². The monoisotopic (exact) mass is 400 g/mol. The Labute approximate surface area is 170 Å². The summed E-state index contributed by atoms with van der Waals surface area (Å²) in [5.41, 5.74) is 3.74. The van der Waals surface area contributed by atoms with Gasteiger partial charge in [-0.15, -0.1) is 0 Å². The van der Waals surface area contributed by atoms with Gasteiger partial charge in [-0.1, -0.05) is 36.8 Å². The summed E-state index contributed by atoms with van der Waals surface area (Å²) >= 11 is 0. The lowest BCUT2D eigenvalue weighted by atomic mass is 10.1. The average Bonchev–Trinajstić information content (AvgIpc) is 2.94. The molecule has 0 unspecified atom stereocenters. The quantitative estimate of drug-likeness (QED) is 0.696. The van der Waals surface area contributed by atoms with Crippen LogP contribution in [-0.4, -0.2) is 40.3 Å². The number of hydrogen-bond donors (Lipinski definition) is 2. The summed E-state index contributed by atoms with van der Waals surface area (Å²) in [5.74, 6) is -1.34. The number of benzene rings is 1. The molecule has 3 amide bonds. The van der Waals surface area contributed by atoms with Gasteiger partial charge >= 0.3 is 12.0 Å². The second-order valence-corrected chi connectivity index (χ2v) is 7.10. The fraction of sp³-hybridized carbons (Fsp3) is 0.429. The normalized spacial score (nSPS) is 11.6. The largest absolute Gasteiger partial charge is 0.452 e. The summed E-state index contributed by atoms with van der Waals surface area (Å²) in [6.45, 7) is 9.23. The zero-order valence-electron chi connectivity index (χ0n) is 17.5. The van der Waals surface area contributed by atoms with Gasteiger partial charge < -0.3 is 10.1 Å². The number of carbonyl (C=O) groups is 3. The minimum Gasteiger partial charge on any atom is -0.452 e. The third kappa shape index (κ3) is 6.17. The molecule has 29 heavy (non-hydrogen) atoms. The Kier molecular flexibility index (Phi) is 7.52. The lowest BCUT2D eigenvalue weighted by Crippen LogP contribution is -2.44. The molecule has 0 aliphatic heterocycles. The van der Waals surface area contributed by atoms with Crippen molar-refractivity contribution in [3.05, 3.63) is 52.3 Å². The molecule has 2 aromatic rings. The van der Waals surface area contributed by atoms with E-state index in [-0.39, 0.29) is 6.04 Å². The molecule has 0 aliphatic rings. The van der Waals surface area contributed by atoms with Gasteiger partial charge in [0, 0.05) is 6.04 Å². The van der Waals surface area contributed by atoms with E-state index in [9.17, 15) is 14.4 Å². The Hall–Kier alpha value is -3.16. The summed E-state index contributed by atoms with van der Waals surface area (Å²) in [4.78, 5) is 35.9. The van der Waals surface area contributed by atoms with Crippen molar-refractivity contribution in [1.82, 2.24) is 20.4 Å². The van der Waals surface area contributed by atoms with E-state index in [1.165, 1.54) is 5.56 Å². The molecule has 0 spiro atoms. The maximum absolute atomic E-state index is 12.5. The number of ether oxygens (including phenoxy) is 1. The molecule has 0 aliphatic carbocycles. The number of imide groups is 1. The SMILES string of the molecule is CC[C@@H](C)NC(=O)NC(=O)COC(=O)c1c(C)nn(Cc2ccc(C)cc2)c1C. The maximum Gasteiger partial charge on any atom is 0.342 e. The summed E-state index contributed by atoms with van der Waals surface area (Å²) in [5, 5.41) is 9.16. The highest BCUT2D eigenvalue weighted by atomic mass is 16.5. The summed E-state index contributed by atoms with van der Waals surface area (Å²) < 4.78 is 6.81. The van der Waals surface area contributed by atoms with E-state index in [0.29, 0.717) is 23.5 Å². The van der Waals surface area contributed by atoms with E-state index in [0.717, 1.165) is 12.0 Å². The predicted octanol–water partition coefficient (Wildman–Crippen LogP) is 2.64. The number of rotatable bonds is 7. The van der Waals surface area contributed by atoms with Gasteiger partial charge in [0.2, 0.25) is 0 Å². The minimum atomic E-state index is -0.693. The van der Waals surface area contributed by atoms with Gasteiger partial charge in [0.1, 0.15) is 5.56 Å². The van der Waals surface area contributed by atoms with Gasteiger partial charge in [0.25, 0.3) is 5.91 Å². The molecule has 2 rings (SSSR count). The summed E-state index contributed by atoms with van der Waals surface area (Å²) in [6.07, 6.45) is 0.738. The van der Waals surface area contributed by atoms with Crippen LogP contribution in [0, 0.1) is 20.8 Å².